The summed E-state index contributed by atoms with van der Waals surface area (Å²) in [5.41, 5.74) is 1.92. The summed E-state index contributed by atoms with van der Waals surface area (Å²) in [5, 5.41) is 8.54. The highest BCUT2D eigenvalue weighted by Gasteiger charge is 2.17. The quantitative estimate of drug-likeness (QED) is 0.661. The van der Waals surface area contributed by atoms with Crippen LogP contribution in [-0.4, -0.2) is 11.1 Å². The van der Waals surface area contributed by atoms with E-state index in [4.69, 9.17) is 9.84 Å². The third kappa shape index (κ3) is 1.40. The molecule has 0 aromatic heterocycles. The van der Waals surface area contributed by atoms with Crippen molar-refractivity contribution >= 4 is 11.7 Å². The van der Waals surface area contributed by atoms with Crippen molar-refractivity contribution in [1.29, 1.82) is 0 Å². The fourth-order valence-corrected chi connectivity index (χ4v) is 1.35. The van der Waals surface area contributed by atoms with Crippen LogP contribution in [0.3, 0.4) is 0 Å². The SMILES string of the molecule is O=C(O)/C=C1/OCc2ccccc21. The van der Waals surface area contributed by atoms with Gasteiger partial charge in [0.15, 0.2) is 0 Å². The number of rotatable bonds is 1. The molecule has 0 bridgehead atoms. The van der Waals surface area contributed by atoms with E-state index in [0.717, 1.165) is 17.2 Å². The van der Waals surface area contributed by atoms with Crippen molar-refractivity contribution < 1.29 is 14.6 Å². The Hall–Kier alpha value is -1.77. The van der Waals surface area contributed by atoms with Crippen LogP contribution in [0.15, 0.2) is 30.3 Å². The molecule has 3 heteroatoms. The monoisotopic (exact) mass is 176 g/mol. The number of benzene rings is 1. The van der Waals surface area contributed by atoms with Crippen LogP contribution in [0.25, 0.3) is 5.76 Å². The number of aliphatic carboxylic acids is 1. The van der Waals surface area contributed by atoms with Crippen LogP contribution in [0.4, 0.5) is 0 Å². The molecule has 66 valence electrons. The molecule has 0 saturated carbocycles. The van der Waals surface area contributed by atoms with Crippen molar-refractivity contribution in [1.82, 2.24) is 0 Å². The second-order valence-electron chi connectivity index (χ2n) is 2.79. The van der Waals surface area contributed by atoms with E-state index in [2.05, 4.69) is 0 Å². The standard InChI is InChI=1S/C10H8O3/c11-10(12)5-9-8-4-2-1-3-7(8)6-13-9/h1-5H,6H2,(H,11,12)/b9-5+. The van der Waals surface area contributed by atoms with Crippen LogP contribution in [0, 0.1) is 0 Å². The van der Waals surface area contributed by atoms with Gasteiger partial charge in [-0.25, -0.2) is 4.79 Å². The lowest BCUT2D eigenvalue weighted by atomic mass is 10.1. The molecule has 2 rings (SSSR count). The van der Waals surface area contributed by atoms with Gasteiger partial charge in [0.1, 0.15) is 12.4 Å². The van der Waals surface area contributed by atoms with Gasteiger partial charge >= 0.3 is 5.97 Å². The molecule has 0 saturated heterocycles. The van der Waals surface area contributed by atoms with Gasteiger partial charge in [0.05, 0.1) is 6.08 Å². The molecular weight excluding hydrogens is 168 g/mol. The summed E-state index contributed by atoms with van der Waals surface area (Å²) in [5.74, 6) is -0.533. The molecule has 3 nitrogen and oxygen atoms in total. The van der Waals surface area contributed by atoms with E-state index in [-0.39, 0.29) is 0 Å². The first-order valence-electron chi connectivity index (χ1n) is 3.93. The zero-order valence-electron chi connectivity index (χ0n) is 6.86. The van der Waals surface area contributed by atoms with Gasteiger partial charge < -0.3 is 9.84 Å². The number of carboxylic acids is 1. The van der Waals surface area contributed by atoms with Crippen molar-refractivity contribution in [3.63, 3.8) is 0 Å². The van der Waals surface area contributed by atoms with Crippen LogP contribution >= 0.6 is 0 Å². The molecule has 1 heterocycles. The smallest absolute Gasteiger partial charge is 0.332 e. The van der Waals surface area contributed by atoms with E-state index < -0.39 is 5.97 Å². The molecule has 0 spiro atoms. The lowest BCUT2D eigenvalue weighted by molar-refractivity contribution is -0.131. The number of carboxylic acid groups (broad SMARTS) is 1. The number of ether oxygens (including phenoxy) is 1. The lowest BCUT2D eigenvalue weighted by Gasteiger charge is -1.96. The summed E-state index contributed by atoms with van der Waals surface area (Å²) < 4.78 is 5.21. The average Bonchev–Trinajstić information content (AvgIpc) is 2.48. The highest BCUT2D eigenvalue weighted by Crippen LogP contribution is 2.28. The minimum atomic E-state index is -0.980. The zero-order valence-corrected chi connectivity index (χ0v) is 6.86. The van der Waals surface area contributed by atoms with Gasteiger partial charge in [0.2, 0.25) is 0 Å². The van der Waals surface area contributed by atoms with Gasteiger partial charge in [0, 0.05) is 11.1 Å². The first-order valence-corrected chi connectivity index (χ1v) is 3.93. The molecule has 0 amide bonds. The van der Waals surface area contributed by atoms with Crippen molar-refractivity contribution in [2.45, 2.75) is 6.61 Å². The summed E-state index contributed by atoms with van der Waals surface area (Å²) in [7, 11) is 0. The summed E-state index contributed by atoms with van der Waals surface area (Å²) in [4.78, 5) is 10.4. The Balaban J connectivity index is 2.44. The summed E-state index contributed by atoms with van der Waals surface area (Å²) in [6, 6.07) is 7.56. The molecule has 1 aromatic rings. The predicted octanol–water partition coefficient (Wildman–Crippen LogP) is 1.64. The molecule has 1 N–H and O–H groups in total. The highest BCUT2D eigenvalue weighted by molar-refractivity contribution is 5.89. The number of carbonyl (C=O) groups is 1. The normalized spacial score (nSPS) is 16.8. The molecule has 0 unspecified atom stereocenters. The second kappa shape index (κ2) is 2.94. The fourth-order valence-electron chi connectivity index (χ4n) is 1.35. The van der Waals surface area contributed by atoms with Crippen LogP contribution in [0.5, 0.6) is 0 Å². The van der Waals surface area contributed by atoms with Crippen molar-refractivity contribution in [2.24, 2.45) is 0 Å². The Morgan fingerprint density at radius 1 is 1.46 bits per heavy atom. The van der Waals surface area contributed by atoms with E-state index in [9.17, 15) is 4.79 Å². The van der Waals surface area contributed by atoms with E-state index in [1.807, 2.05) is 24.3 Å². The summed E-state index contributed by atoms with van der Waals surface area (Å²) in [6.07, 6.45) is 1.09. The van der Waals surface area contributed by atoms with Crippen molar-refractivity contribution in [3.05, 3.63) is 41.5 Å². The number of hydrogen-bond acceptors (Lipinski definition) is 2. The summed E-state index contributed by atoms with van der Waals surface area (Å²) >= 11 is 0. The first-order chi connectivity index (χ1) is 6.27. The average molecular weight is 176 g/mol. The van der Waals surface area contributed by atoms with Gasteiger partial charge in [-0.3, -0.25) is 0 Å². The molecule has 1 aliphatic heterocycles. The first kappa shape index (κ1) is 7.86. The fraction of sp³-hybridized carbons (Fsp3) is 0.100. The minimum absolute atomic E-state index is 0.447. The Bertz CT molecular complexity index is 380. The van der Waals surface area contributed by atoms with E-state index >= 15 is 0 Å². The molecule has 1 aliphatic rings. The van der Waals surface area contributed by atoms with E-state index in [0.29, 0.717) is 12.4 Å². The Morgan fingerprint density at radius 2 is 2.23 bits per heavy atom. The van der Waals surface area contributed by atoms with Crippen LogP contribution < -0.4 is 0 Å². The Labute approximate surface area is 75.3 Å². The van der Waals surface area contributed by atoms with E-state index in [1.165, 1.54) is 0 Å². The molecule has 1 aromatic carbocycles. The lowest BCUT2D eigenvalue weighted by Crippen LogP contribution is -1.90. The molecule has 0 aliphatic carbocycles. The Kier molecular flexibility index (Phi) is 1.77. The topological polar surface area (TPSA) is 46.5 Å². The number of hydrogen-bond donors (Lipinski definition) is 1. The van der Waals surface area contributed by atoms with Crippen LogP contribution in [0.1, 0.15) is 11.1 Å². The minimum Gasteiger partial charge on any atom is -0.488 e. The van der Waals surface area contributed by atoms with Gasteiger partial charge in [0.25, 0.3) is 0 Å². The molecule has 0 radical (unpaired) electrons. The third-order valence-corrected chi connectivity index (χ3v) is 1.92. The van der Waals surface area contributed by atoms with Crippen LogP contribution in [-0.2, 0) is 16.1 Å². The maximum atomic E-state index is 10.4. The van der Waals surface area contributed by atoms with Gasteiger partial charge in [-0.1, -0.05) is 24.3 Å². The molecule has 0 atom stereocenters. The highest BCUT2D eigenvalue weighted by atomic mass is 16.5. The maximum absolute atomic E-state index is 10.4. The van der Waals surface area contributed by atoms with Crippen LogP contribution in [0.2, 0.25) is 0 Å². The van der Waals surface area contributed by atoms with Crippen molar-refractivity contribution in [2.75, 3.05) is 0 Å². The van der Waals surface area contributed by atoms with E-state index in [1.54, 1.807) is 0 Å². The van der Waals surface area contributed by atoms with Gasteiger partial charge in [-0.05, 0) is 0 Å². The molecular formula is C10H8O3. The molecule has 0 fully saturated rings. The van der Waals surface area contributed by atoms with Gasteiger partial charge in [-0.2, -0.15) is 0 Å². The maximum Gasteiger partial charge on any atom is 0.332 e. The zero-order chi connectivity index (χ0) is 9.26. The largest absolute Gasteiger partial charge is 0.488 e. The second-order valence-corrected chi connectivity index (χ2v) is 2.79. The number of fused-ring (bicyclic) bond motifs is 1. The molecule has 13 heavy (non-hydrogen) atoms. The Morgan fingerprint density at radius 3 is 3.00 bits per heavy atom. The van der Waals surface area contributed by atoms with Crippen molar-refractivity contribution in [3.8, 4) is 0 Å². The summed E-state index contributed by atoms with van der Waals surface area (Å²) in [6.45, 7) is 0.468. The third-order valence-electron chi connectivity index (χ3n) is 1.92. The predicted molar refractivity (Wildman–Crippen MR) is 46.8 cm³/mol. The van der Waals surface area contributed by atoms with Gasteiger partial charge in [-0.15, -0.1) is 0 Å².